The van der Waals surface area contributed by atoms with Gasteiger partial charge in [-0.15, -0.1) is 0 Å². The molecule has 0 spiro atoms. The summed E-state index contributed by atoms with van der Waals surface area (Å²) in [7, 11) is 1.41. The summed E-state index contributed by atoms with van der Waals surface area (Å²) in [6.07, 6.45) is 6.00. The van der Waals surface area contributed by atoms with E-state index in [1.54, 1.807) is 6.07 Å². The Morgan fingerprint density at radius 1 is 1.37 bits per heavy atom. The third-order valence-corrected chi connectivity index (χ3v) is 3.63. The van der Waals surface area contributed by atoms with Gasteiger partial charge in [0, 0.05) is 11.6 Å². The minimum absolute atomic E-state index is 0.0767. The Balaban J connectivity index is 1.90. The quantitative estimate of drug-likeness (QED) is 0.832. The predicted molar refractivity (Wildman–Crippen MR) is 72.2 cm³/mol. The number of nitrogens with one attached hydrogen (secondary N) is 1. The molecule has 0 bridgehead atoms. The van der Waals surface area contributed by atoms with Crippen LogP contribution in [0.1, 0.15) is 42.5 Å². The minimum atomic E-state index is -0.494. The second-order valence-corrected chi connectivity index (χ2v) is 4.99. The lowest BCUT2D eigenvalue weighted by molar-refractivity contribution is 0.0984. The molecule has 0 unspecified atom stereocenters. The van der Waals surface area contributed by atoms with Crippen LogP contribution in [0.5, 0.6) is 5.75 Å². The van der Waals surface area contributed by atoms with Gasteiger partial charge in [-0.25, -0.2) is 4.39 Å². The van der Waals surface area contributed by atoms with Gasteiger partial charge in [-0.05, 0) is 31.0 Å². The van der Waals surface area contributed by atoms with E-state index >= 15 is 0 Å². The molecular formula is C15H20FNO2. The maximum absolute atomic E-state index is 13.5. The summed E-state index contributed by atoms with van der Waals surface area (Å²) in [6.45, 7) is 0.274. The normalized spacial score (nSPS) is 16.3. The molecule has 2 rings (SSSR count). The summed E-state index contributed by atoms with van der Waals surface area (Å²) < 4.78 is 18.3. The molecule has 0 radical (unpaired) electrons. The number of carbonyl (C=O) groups excluding carboxylic acids is 1. The van der Waals surface area contributed by atoms with Crippen LogP contribution in [0.4, 0.5) is 4.39 Å². The van der Waals surface area contributed by atoms with E-state index in [1.807, 2.05) is 0 Å². The third-order valence-electron chi connectivity index (χ3n) is 3.63. The fourth-order valence-corrected chi connectivity index (χ4v) is 2.49. The highest BCUT2D eigenvalue weighted by Crippen LogP contribution is 2.19. The van der Waals surface area contributed by atoms with Crippen LogP contribution in [0.3, 0.4) is 0 Å². The van der Waals surface area contributed by atoms with Crippen molar-refractivity contribution in [3.05, 3.63) is 29.6 Å². The monoisotopic (exact) mass is 265 g/mol. The van der Waals surface area contributed by atoms with Crippen LogP contribution in [0, 0.1) is 5.82 Å². The lowest BCUT2D eigenvalue weighted by atomic mass is 9.95. The average molecular weight is 265 g/mol. The van der Waals surface area contributed by atoms with Crippen molar-refractivity contribution in [3.8, 4) is 5.75 Å². The van der Waals surface area contributed by atoms with Gasteiger partial charge in [0.2, 0.25) is 0 Å². The zero-order chi connectivity index (χ0) is 13.7. The Hall–Kier alpha value is -1.42. The topological polar surface area (TPSA) is 38.3 Å². The molecule has 1 aliphatic rings. The first kappa shape index (κ1) is 14.0. The van der Waals surface area contributed by atoms with E-state index in [2.05, 4.69) is 5.32 Å². The number of ether oxygens (including phenoxy) is 1. The fraction of sp³-hybridized carbons (Fsp3) is 0.533. The van der Waals surface area contributed by atoms with Crippen LogP contribution in [-0.4, -0.2) is 25.5 Å². The lowest BCUT2D eigenvalue weighted by Gasteiger charge is -2.22. The van der Waals surface area contributed by atoms with Gasteiger partial charge >= 0.3 is 0 Å². The van der Waals surface area contributed by atoms with Crippen LogP contribution in [0.25, 0.3) is 0 Å². The number of carbonyl (C=O) groups is 1. The first-order chi connectivity index (χ1) is 9.20. The molecule has 0 atom stereocenters. The van der Waals surface area contributed by atoms with Crippen molar-refractivity contribution in [3.63, 3.8) is 0 Å². The standard InChI is InChI=1S/C15H20FNO2/c1-19-15-8-7-11(9-13(15)16)14(18)10-17-12-5-3-2-4-6-12/h7-9,12,17H,2-6,10H2,1H3. The summed E-state index contributed by atoms with van der Waals surface area (Å²) >= 11 is 0. The summed E-state index contributed by atoms with van der Waals surface area (Å²) in [5.41, 5.74) is 0.390. The molecule has 0 aliphatic heterocycles. The molecule has 4 heteroatoms. The molecule has 1 saturated carbocycles. The van der Waals surface area contributed by atoms with Gasteiger partial charge in [0.1, 0.15) is 0 Å². The molecule has 1 fully saturated rings. The number of methoxy groups -OCH3 is 1. The number of benzene rings is 1. The lowest BCUT2D eigenvalue weighted by Crippen LogP contribution is -2.35. The molecule has 0 aromatic heterocycles. The van der Waals surface area contributed by atoms with E-state index in [1.165, 1.54) is 38.5 Å². The van der Waals surface area contributed by atoms with Gasteiger partial charge in [0.05, 0.1) is 13.7 Å². The zero-order valence-electron chi connectivity index (χ0n) is 11.2. The molecule has 19 heavy (non-hydrogen) atoms. The Labute approximate surface area is 113 Å². The smallest absolute Gasteiger partial charge is 0.176 e. The van der Waals surface area contributed by atoms with Gasteiger partial charge in [0.15, 0.2) is 17.3 Å². The molecule has 0 heterocycles. The van der Waals surface area contributed by atoms with Crippen molar-refractivity contribution in [2.24, 2.45) is 0 Å². The molecule has 1 N–H and O–H groups in total. The summed E-state index contributed by atoms with van der Waals surface area (Å²) in [4.78, 5) is 12.0. The number of ketones is 1. The summed E-state index contributed by atoms with van der Waals surface area (Å²) in [5.74, 6) is -0.407. The van der Waals surface area contributed by atoms with Crippen LogP contribution >= 0.6 is 0 Å². The SMILES string of the molecule is COc1ccc(C(=O)CNC2CCCCC2)cc1F. The van der Waals surface area contributed by atoms with E-state index < -0.39 is 5.82 Å². The number of hydrogen-bond acceptors (Lipinski definition) is 3. The number of halogens is 1. The van der Waals surface area contributed by atoms with E-state index in [-0.39, 0.29) is 18.1 Å². The average Bonchev–Trinajstić information content (AvgIpc) is 2.45. The Morgan fingerprint density at radius 3 is 2.74 bits per heavy atom. The molecule has 104 valence electrons. The van der Waals surface area contributed by atoms with E-state index in [4.69, 9.17) is 4.74 Å². The molecule has 3 nitrogen and oxygen atoms in total. The first-order valence-corrected chi connectivity index (χ1v) is 6.81. The number of rotatable bonds is 5. The highest BCUT2D eigenvalue weighted by atomic mass is 19.1. The Kier molecular flexibility index (Phi) is 4.91. The third kappa shape index (κ3) is 3.77. The molecule has 1 aromatic rings. The highest BCUT2D eigenvalue weighted by Gasteiger charge is 2.15. The van der Waals surface area contributed by atoms with Crippen molar-refractivity contribution < 1.29 is 13.9 Å². The van der Waals surface area contributed by atoms with Crippen LogP contribution in [0.2, 0.25) is 0 Å². The van der Waals surface area contributed by atoms with Crippen LogP contribution < -0.4 is 10.1 Å². The molecule has 0 amide bonds. The molecule has 1 aromatic carbocycles. The van der Waals surface area contributed by atoms with Crippen LogP contribution in [-0.2, 0) is 0 Å². The maximum atomic E-state index is 13.5. The summed E-state index contributed by atoms with van der Waals surface area (Å²) in [6, 6.07) is 4.76. The first-order valence-electron chi connectivity index (χ1n) is 6.81. The van der Waals surface area contributed by atoms with Crippen molar-refractivity contribution in [2.75, 3.05) is 13.7 Å². The van der Waals surface area contributed by atoms with Crippen molar-refractivity contribution in [1.29, 1.82) is 0 Å². The molecule has 0 saturated heterocycles. The van der Waals surface area contributed by atoms with E-state index in [9.17, 15) is 9.18 Å². The summed E-state index contributed by atoms with van der Waals surface area (Å²) in [5, 5.41) is 3.26. The van der Waals surface area contributed by atoms with Gasteiger partial charge in [-0.3, -0.25) is 4.79 Å². The maximum Gasteiger partial charge on any atom is 0.176 e. The molecule has 1 aliphatic carbocycles. The zero-order valence-corrected chi connectivity index (χ0v) is 11.2. The second kappa shape index (κ2) is 6.66. The fourth-order valence-electron chi connectivity index (χ4n) is 2.49. The second-order valence-electron chi connectivity index (χ2n) is 4.99. The van der Waals surface area contributed by atoms with Gasteiger partial charge in [-0.1, -0.05) is 19.3 Å². The van der Waals surface area contributed by atoms with Crippen LogP contribution in [0.15, 0.2) is 18.2 Å². The van der Waals surface area contributed by atoms with Gasteiger partial charge < -0.3 is 10.1 Å². The Bertz CT molecular complexity index is 442. The predicted octanol–water partition coefficient (Wildman–Crippen LogP) is 2.94. The minimum Gasteiger partial charge on any atom is -0.494 e. The molecular weight excluding hydrogens is 245 g/mol. The van der Waals surface area contributed by atoms with Gasteiger partial charge in [0.25, 0.3) is 0 Å². The van der Waals surface area contributed by atoms with E-state index in [0.717, 1.165) is 12.8 Å². The largest absolute Gasteiger partial charge is 0.494 e. The number of Topliss-reactive ketones (excluding diaryl/α,β-unsaturated/α-hetero) is 1. The van der Waals surface area contributed by atoms with Gasteiger partial charge in [-0.2, -0.15) is 0 Å². The van der Waals surface area contributed by atoms with Crippen molar-refractivity contribution >= 4 is 5.78 Å². The van der Waals surface area contributed by atoms with Crippen molar-refractivity contribution in [1.82, 2.24) is 5.32 Å². The highest BCUT2D eigenvalue weighted by molar-refractivity contribution is 5.97. The van der Waals surface area contributed by atoms with Crippen molar-refractivity contribution in [2.45, 2.75) is 38.1 Å². The van der Waals surface area contributed by atoms with E-state index in [0.29, 0.717) is 11.6 Å². The number of hydrogen-bond donors (Lipinski definition) is 1. The Morgan fingerprint density at radius 2 is 2.11 bits per heavy atom.